The van der Waals surface area contributed by atoms with Gasteiger partial charge in [-0.15, -0.1) is 0 Å². The number of nitrogens with one attached hydrogen (secondary N) is 1. The highest BCUT2D eigenvalue weighted by Crippen LogP contribution is 2.74. The Bertz CT molecular complexity index is 2780. The largest absolute Gasteiger partial charge is 0.504 e. The molecule has 88 heavy (non-hydrogen) atoms. The second-order valence-electron chi connectivity index (χ2n) is 25.7. The molecule has 0 aromatic heterocycles. The third-order valence-corrected chi connectivity index (χ3v) is 20.5. The number of aliphatic carboxylic acids is 1. The second-order valence-corrected chi connectivity index (χ2v) is 25.7. The van der Waals surface area contributed by atoms with E-state index in [4.69, 9.17) is 37.9 Å². The van der Waals surface area contributed by atoms with E-state index < -0.39 is 176 Å². The van der Waals surface area contributed by atoms with Gasteiger partial charge >= 0.3 is 11.9 Å². The number of methoxy groups -OCH3 is 2. The van der Waals surface area contributed by atoms with Gasteiger partial charge in [-0.3, -0.25) is 14.4 Å². The number of amides is 2. The maximum atomic E-state index is 16.1. The first-order chi connectivity index (χ1) is 41.8. The van der Waals surface area contributed by atoms with Crippen LogP contribution in [0.15, 0.2) is 60.7 Å². The lowest BCUT2D eigenvalue weighted by Crippen LogP contribution is -2.68. The summed E-state index contributed by atoms with van der Waals surface area (Å²) in [5, 5.41) is 132. The number of carboxylic acid groups (broad SMARTS) is 1. The zero-order valence-corrected chi connectivity index (χ0v) is 50.0. The van der Waals surface area contributed by atoms with Crippen LogP contribution in [0.1, 0.15) is 95.6 Å². The molecule has 3 heterocycles. The van der Waals surface area contributed by atoms with Crippen molar-refractivity contribution in [1.82, 2.24) is 10.2 Å². The van der Waals surface area contributed by atoms with Gasteiger partial charge in [0.25, 0.3) is 0 Å². The molecule has 490 valence electrons. The van der Waals surface area contributed by atoms with E-state index in [1.807, 2.05) is 6.92 Å². The van der Waals surface area contributed by atoms with Crippen LogP contribution < -0.4 is 10.1 Å². The number of aryl methyl sites for hydroxylation is 1. The van der Waals surface area contributed by atoms with Crippen LogP contribution in [-0.4, -0.2) is 240 Å². The third kappa shape index (κ3) is 13.0. The van der Waals surface area contributed by atoms with Crippen LogP contribution >= 0.6 is 0 Å². The number of carboxylic acids is 1. The van der Waals surface area contributed by atoms with Crippen molar-refractivity contribution in [2.45, 2.75) is 207 Å². The van der Waals surface area contributed by atoms with Crippen molar-refractivity contribution in [2.75, 3.05) is 40.6 Å². The van der Waals surface area contributed by atoms with E-state index in [0.717, 1.165) is 0 Å². The molecule has 3 aliphatic heterocycles. The summed E-state index contributed by atoms with van der Waals surface area (Å²) in [6, 6.07) is 11.0. The smallest absolute Gasteiger partial charge is 0.328 e. The van der Waals surface area contributed by atoms with E-state index in [-0.39, 0.29) is 42.7 Å². The fraction of sp³-hybridized carbons (Fsp3) is 0.710. The highest BCUT2D eigenvalue weighted by Gasteiger charge is 2.70. The fourth-order valence-corrected chi connectivity index (χ4v) is 16.1. The summed E-state index contributed by atoms with van der Waals surface area (Å²) >= 11 is 0. The number of hydrogen-bond acceptors (Lipinski definition) is 23. The van der Waals surface area contributed by atoms with Crippen LogP contribution in [0, 0.1) is 28.1 Å². The van der Waals surface area contributed by atoms with Crippen LogP contribution in [0.2, 0.25) is 0 Å². The first kappa shape index (κ1) is 67.4. The van der Waals surface area contributed by atoms with Gasteiger partial charge in [0.15, 0.2) is 30.4 Å². The third-order valence-electron chi connectivity index (χ3n) is 20.5. The molecule has 1 spiro atoms. The first-order valence-electron chi connectivity index (χ1n) is 30.4. The minimum absolute atomic E-state index is 0.0188. The Morgan fingerprint density at radius 3 is 1.92 bits per heavy atom. The molecule has 3 saturated heterocycles. The summed E-state index contributed by atoms with van der Waals surface area (Å²) in [6.45, 7) is 6.10. The number of nitrogens with zero attached hydrogens (tertiary/aromatic N) is 1. The highest BCUT2D eigenvalue weighted by atomic mass is 16.8. The van der Waals surface area contributed by atoms with Crippen LogP contribution in [0.3, 0.4) is 0 Å². The van der Waals surface area contributed by atoms with Crippen LogP contribution in [0.4, 0.5) is 0 Å². The molecule has 2 aromatic carbocycles. The predicted molar refractivity (Wildman–Crippen MR) is 304 cm³/mol. The summed E-state index contributed by atoms with van der Waals surface area (Å²) < 4.78 is 47.7. The molecule has 0 radical (unpaired) electrons. The molecule has 26 nitrogen and oxygen atoms in total. The van der Waals surface area contributed by atoms with Crippen molar-refractivity contribution < 1.29 is 118 Å². The van der Waals surface area contributed by atoms with Crippen molar-refractivity contribution >= 4 is 23.8 Å². The quantitative estimate of drug-likeness (QED) is 0.0378. The van der Waals surface area contributed by atoms with Crippen LogP contribution in [-0.2, 0) is 65.2 Å². The molecule has 2 amide bonds. The summed E-state index contributed by atoms with van der Waals surface area (Å²) in [5.41, 5.74) is -1.38. The van der Waals surface area contributed by atoms with Crippen LogP contribution in [0.25, 0.3) is 0 Å². The molecule has 4 saturated carbocycles. The molecule has 2 bridgehead atoms. The number of aliphatic hydroxyl groups is 10. The van der Waals surface area contributed by atoms with Gasteiger partial charge in [-0.2, -0.15) is 0 Å². The number of esters is 1. The van der Waals surface area contributed by atoms with Gasteiger partial charge in [-0.05, 0) is 116 Å². The number of fused-ring (bicyclic) bond motifs is 3. The Kier molecular flexibility index (Phi) is 21.0. The molecule has 0 unspecified atom stereocenters. The number of phenols is 1. The molecule has 2 aromatic rings. The molecule has 13 N–H and O–H groups in total. The maximum Gasteiger partial charge on any atom is 0.328 e. The van der Waals surface area contributed by atoms with Crippen molar-refractivity contribution in [3.8, 4) is 11.5 Å². The van der Waals surface area contributed by atoms with Gasteiger partial charge < -0.3 is 109 Å². The predicted octanol–water partition coefficient (Wildman–Crippen LogP) is -0.538. The topological polar surface area (TPSA) is 400 Å². The minimum Gasteiger partial charge on any atom is -0.504 e. The summed E-state index contributed by atoms with van der Waals surface area (Å²) in [7, 11) is 2.60. The lowest BCUT2D eigenvalue weighted by molar-refractivity contribution is -0.400. The molecule has 23 atom stereocenters. The number of aromatic hydroxyl groups is 1. The van der Waals surface area contributed by atoms with Crippen molar-refractivity contribution in [3.63, 3.8) is 0 Å². The van der Waals surface area contributed by atoms with Crippen molar-refractivity contribution in [2.24, 2.45) is 28.1 Å². The maximum absolute atomic E-state index is 16.1. The number of rotatable bonds is 23. The van der Waals surface area contributed by atoms with Gasteiger partial charge in [0.1, 0.15) is 85.3 Å². The summed E-state index contributed by atoms with van der Waals surface area (Å²) in [6.07, 6.45) is -22.5. The van der Waals surface area contributed by atoms with E-state index in [1.165, 1.54) is 25.2 Å². The number of phenolic OH excluding ortho intramolecular Hbond substituents is 1. The summed E-state index contributed by atoms with van der Waals surface area (Å²) in [4.78, 5) is 58.5. The lowest BCUT2D eigenvalue weighted by Gasteiger charge is -2.64. The van der Waals surface area contributed by atoms with E-state index >= 15 is 4.79 Å². The number of benzene rings is 2. The molecule has 4 aliphatic carbocycles. The Morgan fingerprint density at radius 1 is 0.727 bits per heavy atom. The van der Waals surface area contributed by atoms with E-state index in [0.29, 0.717) is 80.9 Å². The molecular weight excluding hydrogens is 1160 g/mol. The molecular formula is C62H88N2O24. The Hall–Kier alpha value is -4.98. The van der Waals surface area contributed by atoms with Gasteiger partial charge in [0.05, 0.1) is 46.1 Å². The molecule has 26 heteroatoms. The molecule has 9 rings (SSSR count). The first-order valence-corrected chi connectivity index (χ1v) is 30.4. The average Bonchev–Trinajstić information content (AvgIpc) is 1.39. The standard InChI is InChI=1S/C62H88N2O24/c1-31-26-61-20-16-41-59(2,18-10-19-60(41,3)58(80)64(22-9-13-33-14-15-37(81-4)36(68)24-33)35(25-43(69)70)53(78)63-34(54(79)82-5)23-32-11-7-6-8-12-32)42(61)17-21-62(31,30-61)88-57-52(87-56-50(77)48(75)45(72)39(28-66)84-56)51(46(73)40(29-67)85-57)86-55-49(76)47(74)44(71)38(27-65)83-55/h6-8,11-12,14-15,24,34-35,38-42,44-52,55-57,65-68,71-77H,1,9-10,13,16-23,25-30H2,2-5H3,(H,63,78)(H,69,70)/t34-,35+,38+,39+,40+,41-,42-,44+,45+,46+,47-,48-,49+,50+,51-,52+,55-,56-,57-,59+,60+,61+,62-/m0/s1. The minimum atomic E-state index is -1.99. The zero-order chi connectivity index (χ0) is 63.8. The monoisotopic (exact) mass is 1240 g/mol. The van der Waals surface area contributed by atoms with Gasteiger partial charge in [0, 0.05) is 18.4 Å². The highest BCUT2D eigenvalue weighted by molar-refractivity contribution is 5.94. The van der Waals surface area contributed by atoms with Gasteiger partial charge in [-0.1, -0.05) is 63.2 Å². The number of ether oxygens (including phenoxy) is 8. The Balaban J connectivity index is 1.01. The van der Waals surface area contributed by atoms with Gasteiger partial charge in [-0.25, -0.2) is 4.79 Å². The van der Waals surface area contributed by atoms with Gasteiger partial charge in [0.2, 0.25) is 11.8 Å². The zero-order valence-electron chi connectivity index (χ0n) is 50.0. The van der Waals surface area contributed by atoms with Crippen molar-refractivity contribution in [1.29, 1.82) is 0 Å². The van der Waals surface area contributed by atoms with E-state index in [2.05, 4.69) is 18.8 Å². The average molecular weight is 1250 g/mol. The Morgan fingerprint density at radius 2 is 1.33 bits per heavy atom. The van der Waals surface area contributed by atoms with Crippen molar-refractivity contribution in [3.05, 3.63) is 71.8 Å². The van der Waals surface area contributed by atoms with E-state index in [9.17, 15) is 75.7 Å². The molecule has 7 fully saturated rings. The van der Waals surface area contributed by atoms with Crippen LogP contribution in [0.5, 0.6) is 11.5 Å². The normalized spacial score (nSPS) is 39.5. The number of carbonyl (C=O) groups is 4. The Labute approximate surface area is 509 Å². The number of carbonyl (C=O) groups excluding carboxylic acids is 3. The summed E-state index contributed by atoms with van der Waals surface area (Å²) in [5.74, 6) is -3.60. The second kappa shape index (κ2) is 27.5. The SMILES string of the molecule is C=C1C[C@@]23CC[C@H]4[C@@](C)(CCC[C@@]4(C)C(=O)N(CCCc4ccc(OC)c(O)c4)[C@H](CC(=O)O)C(=O)N[C@@H](Cc4ccccc4)C(=O)OC)[C@@H]2CC[C@]1(O[C@@H]1O[C@H](CO)[C@@H](O)[C@H](O[C@@H]2O[C@H](CO)[C@@H](O)[C@H](O)[C@H]2O)[C@H]1O[C@@H]1O[C@H](CO)[C@@H](O)[C@H](O)[C@H]1O)C3. The van der Waals surface area contributed by atoms with E-state index in [1.54, 1.807) is 42.5 Å². The number of hydrogen-bond donors (Lipinski definition) is 13. The molecule has 7 aliphatic rings. The number of aliphatic hydroxyl groups excluding tert-OH is 10. The fourth-order valence-electron chi connectivity index (χ4n) is 16.1. The lowest BCUT2D eigenvalue weighted by atomic mass is 9.40.